The van der Waals surface area contributed by atoms with Gasteiger partial charge in [0, 0.05) is 183 Å². The molecule has 4 aromatic heterocycles. The monoisotopic (exact) mass is 2130 g/mol. The van der Waals surface area contributed by atoms with Crippen molar-refractivity contribution in [2.75, 3.05) is 73.8 Å². The summed E-state index contributed by atoms with van der Waals surface area (Å²) in [6.45, 7) is 7.53. The summed E-state index contributed by atoms with van der Waals surface area (Å²) < 4.78 is 28.6. The third-order valence-electron chi connectivity index (χ3n) is 22.5. The fourth-order valence-corrected chi connectivity index (χ4v) is 19.2. The summed E-state index contributed by atoms with van der Waals surface area (Å²) in [5, 5.41) is 100. The molecule has 0 fully saturated rings. The van der Waals surface area contributed by atoms with Gasteiger partial charge in [-0.2, -0.15) is 15.3 Å². The number of thioether (sulfide) groups is 5. The molecule has 0 atom stereocenters. The summed E-state index contributed by atoms with van der Waals surface area (Å²) in [4.78, 5) is 132. The summed E-state index contributed by atoms with van der Waals surface area (Å²) in [6.07, 6.45) is 4.51. The van der Waals surface area contributed by atoms with Gasteiger partial charge in [-0.25, -0.2) is 23.1 Å². The van der Waals surface area contributed by atoms with Gasteiger partial charge in [-0.15, -0.1) is 60.8 Å². The number of aromatic amines is 2. The zero-order valence-electron chi connectivity index (χ0n) is 82.2. The lowest BCUT2D eigenvalue weighted by Crippen LogP contribution is -2.18. The second-order valence-corrected chi connectivity index (χ2v) is 41.2. The molecule has 7 heterocycles. The van der Waals surface area contributed by atoms with E-state index in [9.17, 15) is 83.0 Å². The number of aromatic nitrogens is 9. The lowest BCUT2D eigenvalue weighted by Gasteiger charge is -2.14. The molecule has 15 aromatic rings. The predicted molar refractivity (Wildman–Crippen MR) is 591 cm³/mol. The molecule has 762 valence electrons. The number of ketones is 5. The summed E-state index contributed by atoms with van der Waals surface area (Å²) in [5.41, 5.74) is 18.6. The number of hydrogen-bond donors (Lipinski definition) is 3. The Morgan fingerprint density at radius 3 is 1.13 bits per heavy atom. The van der Waals surface area contributed by atoms with Crippen LogP contribution in [-0.4, -0.2) is 203 Å². The van der Waals surface area contributed by atoms with E-state index in [0.29, 0.717) is 130 Å². The van der Waals surface area contributed by atoms with E-state index in [1.54, 1.807) is 54.9 Å². The van der Waals surface area contributed by atoms with Crippen molar-refractivity contribution in [3.05, 3.63) is 316 Å². The number of sulfonamides is 1. The van der Waals surface area contributed by atoms with Crippen molar-refractivity contribution in [1.82, 2.24) is 49.6 Å². The molecular weight excluding hydrogens is 2040 g/mol. The topological polar surface area (TPSA) is 542 Å². The molecule has 3 aliphatic rings. The fourth-order valence-electron chi connectivity index (χ4n) is 15.1. The van der Waals surface area contributed by atoms with E-state index in [-0.39, 0.29) is 79.5 Å². The molecule has 0 radical (unpaired) electrons. The summed E-state index contributed by atoms with van der Waals surface area (Å²) in [6, 6.07) is 69.7. The third-order valence-corrected chi connectivity index (χ3v) is 29.2. The number of H-pyrrole nitrogens is 2. The van der Waals surface area contributed by atoms with Gasteiger partial charge in [0.2, 0.25) is 20.3 Å². The molecule has 0 saturated carbocycles. The molecule has 46 heteroatoms. The minimum Gasteiger partial charge on any atom is -0.378 e. The summed E-state index contributed by atoms with van der Waals surface area (Å²) >= 11 is 6.42. The van der Waals surface area contributed by atoms with E-state index in [4.69, 9.17) is 0 Å². The minimum atomic E-state index is -3.66. The van der Waals surface area contributed by atoms with E-state index in [0.717, 1.165) is 82.5 Å². The number of rotatable bonds is 32. The number of aryl methyl sites for hydroxylation is 1. The Bertz CT molecular complexity index is 8150. The molecule has 3 aliphatic heterocycles. The number of nitrogens with one attached hydrogen (secondary N) is 3. The first-order valence-electron chi connectivity index (χ1n) is 45.6. The lowest BCUT2D eigenvalue weighted by molar-refractivity contribution is -0.385. The third kappa shape index (κ3) is 28.9. The van der Waals surface area contributed by atoms with E-state index < -0.39 is 34.6 Å². The number of Topliss-reactive ketones (excluding diaryl/α,β-unsaturated/α-hetero) is 5. The number of carbonyl (C=O) groups is 5. The predicted octanol–water partition coefficient (Wildman–Crippen LogP) is 20.9. The molecular formula is C104H93N23O17S6. The first kappa shape index (κ1) is 109. The first-order chi connectivity index (χ1) is 71.7. The molecule has 0 spiro atoms. The Balaban J connectivity index is 0.000000148. The van der Waals surface area contributed by atoms with Crippen molar-refractivity contribution in [3.63, 3.8) is 0 Å². The Morgan fingerprint density at radius 1 is 0.360 bits per heavy atom. The van der Waals surface area contributed by atoms with Crippen molar-refractivity contribution in [2.24, 2.45) is 37.7 Å². The van der Waals surface area contributed by atoms with Crippen LogP contribution >= 0.6 is 58.8 Å². The Labute approximate surface area is 878 Å². The number of carbonyl (C=O) groups excluding carboxylic acids is 5. The largest absolute Gasteiger partial charge is 0.378 e. The average Bonchev–Trinajstić information content (AvgIpc) is 1.62. The number of anilines is 2. The fraction of sp³-hybridized carbons (Fsp3) is 0.183. The van der Waals surface area contributed by atoms with E-state index >= 15 is 0 Å². The van der Waals surface area contributed by atoms with Crippen molar-refractivity contribution >= 4 is 192 Å². The quantitative estimate of drug-likeness (QED) is 0.0200. The minimum absolute atomic E-state index is 0.00953. The molecule has 18 rings (SSSR count). The van der Waals surface area contributed by atoms with Crippen molar-refractivity contribution in [1.29, 1.82) is 0 Å². The van der Waals surface area contributed by atoms with E-state index in [1.165, 1.54) is 155 Å². The maximum atomic E-state index is 12.1. The highest BCUT2D eigenvalue weighted by atomic mass is 32.2. The number of fused-ring (bicyclic) bond motifs is 2. The Morgan fingerprint density at radius 2 is 0.713 bits per heavy atom. The maximum Gasteiger partial charge on any atom is 0.270 e. The van der Waals surface area contributed by atoms with Crippen LogP contribution in [-0.2, 0) is 41.0 Å². The molecule has 0 unspecified atom stereocenters. The van der Waals surface area contributed by atoms with Gasteiger partial charge in [-0.1, -0.05) is 102 Å². The van der Waals surface area contributed by atoms with Gasteiger partial charge in [0.15, 0.2) is 11.6 Å². The number of benzene rings is 11. The highest BCUT2D eigenvalue weighted by Crippen LogP contribution is 2.40. The van der Waals surface area contributed by atoms with Crippen molar-refractivity contribution in [3.8, 4) is 89.7 Å². The highest BCUT2D eigenvalue weighted by Gasteiger charge is 2.28. The Hall–Kier alpha value is -16.8. The van der Waals surface area contributed by atoms with Gasteiger partial charge in [0.1, 0.15) is 44.0 Å². The number of nitro benzene ring substituents is 5. The van der Waals surface area contributed by atoms with E-state index in [2.05, 4.69) is 98.4 Å². The van der Waals surface area contributed by atoms with Crippen LogP contribution in [0.4, 0.5) is 39.8 Å². The van der Waals surface area contributed by atoms with E-state index in [1.807, 2.05) is 166 Å². The number of nitrogens with zero attached hydrogens (tertiary/aromatic N) is 20. The van der Waals surface area contributed by atoms with Crippen molar-refractivity contribution in [2.45, 2.75) is 69.1 Å². The standard InChI is InChI=1S/C26H21N5O3S.2C20H20N4O3S.C19H14N6O3S.C19H18N4O5S2/c1-16(32)15-35-26-27-25(28-29-26)21-11-19(12-22(13-21)31(33)34)18-8-9-23-20(10-18)14-24(30(23)2)17-6-4-3-5-7-17;1-13(25)12-28-20-11-19(21-22-20)16-8-15(9-18(10-16)24(26)27)14-4-6-17(7-5-14)23(2)3;1-13(25)12-28-20-11-19(21-22-20)16-7-15(9-18(10-16)24(26)27)14-5-4-6-17(8-14)23(2)3;1-11(26)10-29-19-22-18(23-24-19)14-6-13(7-15(8-14)25(27)28)12-2-3-16-17(9-12)21-5-4-20-16;1-12(24)11-29-19-10-18(21-22-19)15-6-14(7-16(8-15)23(25)26)13-4-3-5-17(9-13)30(27,28)20-2/h3-14H,15H2,1-2H3,(H,27,28,29);2*4-10H,11-12H2,1-3H3;2-9H,10H2,1H3,(H,22,23,24);3-9,20H,10-11H2,1-2H3. The molecule has 11 aromatic carbocycles. The van der Waals surface area contributed by atoms with Crippen LogP contribution in [0.25, 0.3) is 112 Å². The van der Waals surface area contributed by atoms with Crippen LogP contribution in [0.3, 0.4) is 0 Å². The average molecular weight is 2130 g/mol. The molecule has 0 saturated heterocycles. The first-order valence-corrected chi connectivity index (χ1v) is 52.0. The van der Waals surface area contributed by atoms with Gasteiger partial charge in [-0.3, -0.25) is 94.7 Å². The number of nitro groups is 5. The van der Waals surface area contributed by atoms with Crippen LogP contribution in [0.5, 0.6) is 0 Å². The van der Waals surface area contributed by atoms with Crippen LogP contribution < -0.4 is 14.5 Å². The number of non-ortho nitro benzene ring substituents is 5. The summed E-state index contributed by atoms with van der Waals surface area (Å²) in [5.74, 6) is 2.49. The second kappa shape index (κ2) is 49.6. The van der Waals surface area contributed by atoms with Gasteiger partial charge in [0.25, 0.3) is 28.4 Å². The van der Waals surface area contributed by atoms with Crippen LogP contribution in [0.2, 0.25) is 0 Å². The van der Waals surface area contributed by atoms with Crippen molar-refractivity contribution < 1.29 is 57.0 Å². The molecule has 40 nitrogen and oxygen atoms in total. The zero-order chi connectivity index (χ0) is 107. The maximum absolute atomic E-state index is 12.1. The molecule has 0 amide bonds. The normalized spacial score (nSPS) is 12.3. The van der Waals surface area contributed by atoms with Gasteiger partial charge in [0.05, 0.1) is 86.4 Å². The SMILES string of the molecule is CC(=O)CSC1=NN=C(c2cc(-c3ccc(N(C)C)cc3)cc([N+](=O)[O-])c2)C1.CC(=O)CSC1=NN=C(c2cc(-c3cccc(N(C)C)c3)cc([N+](=O)[O-])c2)C1.CC(=O)CSc1n[nH]c(-c2cc(-c3ccc4c(c3)cc(-c3ccccc3)n4C)cc([N+](=O)[O-])c2)n1.CC(=O)CSc1n[nH]c(-c2cc(-c3ccc4nccnc4c3)cc([N+](=O)[O-])c2)n1.CNS(=O)(=O)c1cccc(-c2cc(C3=NN=C(SCC(C)=O)C3)cc([N+](=O)[O-])c2)c1. The molecule has 150 heavy (non-hydrogen) atoms. The second-order valence-electron chi connectivity index (χ2n) is 34.3. The molecule has 0 aliphatic carbocycles. The van der Waals surface area contributed by atoms with Crippen LogP contribution in [0.15, 0.2) is 295 Å². The summed E-state index contributed by atoms with van der Waals surface area (Å²) in [7, 11) is 7.50. The van der Waals surface area contributed by atoms with Gasteiger partial charge < -0.3 is 14.4 Å². The van der Waals surface area contributed by atoms with Gasteiger partial charge in [-0.05, 0) is 200 Å². The molecule has 3 N–H and O–H groups in total. The van der Waals surface area contributed by atoms with Crippen LogP contribution in [0, 0.1) is 50.6 Å². The molecule has 0 bridgehead atoms. The van der Waals surface area contributed by atoms with Crippen LogP contribution in [0.1, 0.15) is 70.6 Å². The Kier molecular flexibility index (Phi) is 36.0. The zero-order valence-corrected chi connectivity index (χ0v) is 87.1. The number of hydrogen-bond acceptors (Lipinski definition) is 36. The van der Waals surface area contributed by atoms with Gasteiger partial charge >= 0.3 is 0 Å². The smallest absolute Gasteiger partial charge is 0.270 e. The highest BCUT2D eigenvalue weighted by molar-refractivity contribution is 8.15. The lowest BCUT2D eigenvalue weighted by atomic mass is 9.98.